The Bertz CT molecular complexity index is 248. The molecule has 4 heterocycles. The highest BCUT2D eigenvalue weighted by atomic mass is 15.3. The normalized spacial score (nSPS) is 43.6. The van der Waals surface area contributed by atoms with Crippen LogP contribution >= 0.6 is 0 Å². The molecule has 0 radical (unpaired) electrons. The van der Waals surface area contributed by atoms with E-state index >= 15 is 0 Å². The SMILES string of the molecule is CCC1CCN(C2CN3CCC2CC3)CCN1. The maximum atomic E-state index is 3.69. The third-order valence-corrected chi connectivity index (χ3v) is 5.18. The maximum Gasteiger partial charge on any atom is 0.0252 e. The number of hydrogen-bond donors (Lipinski definition) is 1. The summed E-state index contributed by atoms with van der Waals surface area (Å²) in [6.07, 6.45) is 5.53. The number of fused-ring (bicyclic) bond motifs is 3. The van der Waals surface area contributed by atoms with Crippen LogP contribution in [0, 0.1) is 5.92 Å². The zero-order valence-electron chi connectivity index (χ0n) is 11.2. The van der Waals surface area contributed by atoms with Crippen molar-refractivity contribution in [3.63, 3.8) is 0 Å². The summed E-state index contributed by atoms with van der Waals surface area (Å²) >= 11 is 0. The molecule has 0 aliphatic carbocycles. The molecule has 0 aromatic heterocycles. The van der Waals surface area contributed by atoms with Crippen LogP contribution in [0.3, 0.4) is 0 Å². The van der Waals surface area contributed by atoms with Gasteiger partial charge in [0.15, 0.2) is 0 Å². The number of nitrogens with one attached hydrogen (secondary N) is 1. The Balaban J connectivity index is 1.60. The zero-order valence-corrected chi connectivity index (χ0v) is 11.2. The van der Waals surface area contributed by atoms with Crippen molar-refractivity contribution in [1.82, 2.24) is 15.1 Å². The zero-order chi connectivity index (χ0) is 11.7. The molecular formula is C14H27N3. The van der Waals surface area contributed by atoms with Crippen molar-refractivity contribution in [2.24, 2.45) is 5.92 Å². The van der Waals surface area contributed by atoms with E-state index in [0.717, 1.165) is 18.0 Å². The molecule has 4 aliphatic heterocycles. The summed E-state index contributed by atoms with van der Waals surface area (Å²) in [7, 11) is 0. The fraction of sp³-hybridized carbons (Fsp3) is 1.00. The van der Waals surface area contributed by atoms with Crippen molar-refractivity contribution in [3.05, 3.63) is 0 Å². The van der Waals surface area contributed by atoms with Gasteiger partial charge in [-0.05, 0) is 44.7 Å². The van der Waals surface area contributed by atoms with Crippen LogP contribution in [0.5, 0.6) is 0 Å². The summed E-state index contributed by atoms with van der Waals surface area (Å²) in [5, 5.41) is 3.69. The summed E-state index contributed by atoms with van der Waals surface area (Å²) in [6.45, 7) is 10.2. The lowest BCUT2D eigenvalue weighted by Crippen LogP contribution is -2.57. The van der Waals surface area contributed by atoms with Crippen LogP contribution in [0.1, 0.15) is 32.6 Å². The summed E-state index contributed by atoms with van der Waals surface area (Å²) in [4.78, 5) is 5.47. The second-order valence-corrected chi connectivity index (χ2v) is 6.09. The van der Waals surface area contributed by atoms with Gasteiger partial charge in [0, 0.05) is 38.3 Å². The summed E-state index contributed by atoms with van der Waals surface area (Å²) in [6, 6.07) is 1.64. The predicted octanol–water partition coefficient (Wildman–Crippen LogP) is 1.15. The Hall–Kier alpha value is -0.120. The van der Waals surface area contributed by atoms with E-state index in [9.17, 15) is 0 Å². The highest BCUT2D eigenvalue weighted by Crippen LogP contribution is 2.31. The highest BCUT2D eigenvalue weighted by molar-refractivity contribution is 4.93. The van der Waals surface area contributed by atoms with E-state index in [1.54, 1.807) is 0 Å². The molecule has 2 atom stereocenters. The van der Waals surface area contributed by atoms with E-state index < -0.39 is 0 Å². The third kappa shape index (κ3) is 2.51. The minimum absolute atomic E-state index is 0.765. The Morgan fingerprint density at radius 3 is 2.53 bits per heavy atom. The molecule has 3 heteroatoms. The average Bonchev–Trinajstić information content (AvgIpc) is 2.65. The topological polar surface area (TPSA) is 18.5 Å². The number of nitrogens with zero attached hydrogens (tertiary/aromatic N) is 2. The Morgan fingerprint density at radius 1 is 1.06 bits per heavy atom. The molecule has 3 nitrogen and oxygen atoms in total. The molecule has 17 heavy (non-hydrogen) atoms. The number of piperidine rings is 3. The van der Waals surface area contributed by atoms with Crippen LogP contribution in [0.2, 0.25) is 0 Å². The lowest BCUT2D eigenvalue weighted by Gasteiger charge is -2.49. The van der Waals surface area contributed by atoms with E-state index in [4.69, 9.17) is 0 Å². The van der Waals surface area contributed by atoms with Crippen LogP contribution in [-0.2, 0) is 0 Å². The standard InChI is InChI=1S/C14H27N3/c1-2-13-5-9-17(10-6-15-13)14-11-16-7-3-12(14)4-8-16/h12-15H,2-11H2,1H3. The van der Waals surface area contributed by atoms with Crippen LogP contribution in [0.4, 0.5) is 0 Å². The molecule has 4 rings (SSSR count). The molecule has 2 unspecified atom stereocenters. The molecule has 0 aromatic rings. The fourth-order valence-electron chi connectivity index (χ4n) is 3.98. The lowest BCUT2D eigenvalue weighted by molar-refractivity contribution is 0.00780. The van der Waals surface area contributed by atoms with Crippen molar-refractivity contribution < 1.29 is 0 Å². The van der Waals surface area contributed by atoms with Gasteiger partial charge in [-0.15, -0.1) is 0 Å². The van der Waals surface area contributed by atoms with Gasteiger partial charge in [0.05, 0.1) is 0 Å². The average molecular weight is 237 g/mol. The van der Waals surface area contributed by atoms with Gasteiger partial charge in [0.2, 0.25) is 0 Å². The first-order chi connectivity index (χ1) is 8.36. The van der Waals surface area contributed by atoms with Crippen molar-refractivity contribution in [1.29, 1.82) is 0 Å². The number of hydrogen-bond acceptors (Lipinski definition) is 3. The summed E-state index contributed by atoms with van der Waals surface area (Å²) < 4.78 is 0. The molecule has 0 spiro atoms. The van der Waals surface area contributed by atoms with Gasteiger partial charge in [-0.1, -0.05) is 6.92 Å². The van der Waals surface area contributed by atoms with Crippen molar-refractivity contribution in [3.8, 4) is 0 Å². The Morgan fingerprint density at radius 2 is 1.88 bits per heavy atom. The van der Waals surface area contributed by atoms with Gasteiger partial charge in [0.1, 0.15) is 0 Å². The first-order valence-corrected chi connectivity index (χ1v) is 7.56. The summed E-state index contributed by atoms with van der Waals surface area (Å²) in [5.74, 6) is 0.998. The second-order valence-electron chi connectivity index (χ2n) is 6.09. The maximum absolute atomic E-state index is 3.69. The lowest BCUT2D eigenvalue weighted by atomic mass is 9.83. The van der Waals surface area contributed by atoms with Crippen LogP contribution in [0.15, 0.2) is 0 Å². The smallest absolute Gasteiger partial charge is 0.0252 e. The molecule has 2 bridgehead atoms. The molecule has 4 aliphatic rings. The largest absolute Gasteiger partial charge is 0.313 e. The van der Waals surface area contributed by atoms with Crippen molar-refractivity contribution in [2.75, 3.05) is 39.3 Å². The van der Waals surface area contributed by atoms with Crippen molar-refractivity contribution >= 4 is 0 Å². The van der Waals surface area contributed by atoms with Crippen molar-refractivity contribution in [2.45, 2.75) is 44.7 Å². The molecule has 4 saturated heterocycles. The van der Waals surface area contributed by atoms with Gasteiger partial charge in [0.25, 0.3) is 0 Å². The van der Waals surface area contributed by atoms with E-state index in [1.165, 1.54) is 65.0 Å². The minimum Gasteiger partial charge on any atom is -0.313 e. The molecule has 98 valence electrons. The van der Waals surface area contributed by atoms with E-state index in [-0.39, 0.29) is 0 Å². The quantitative estimate of drug-likeness (QED) is 0.777. The molecule has 0 aromatic carbocycles. The first-order valence-electron chi connectivity index (χ1n) is 7.56. The predicted molar refractivity (Wildman–Crippen MR) is 71.2 cm³/mol. The van der Waals surface area contributed by atoms with E-state index in [2.05, 4.69) is 22.0 Å². The minimum atomic E-state index is 0.765. The molecule has 1 N–H and O–H groups in total. The van der Waals surface area contributed by atoms with E-state index in [1.807, 2.05) is 0 Å². The van der Waals surface area contributed by atoms with Crippen LogP contribution < -0.4 is 5.32 Å². The molecule has 4 fully saturated rings. The molecular weight excluding hydrogens is 210 g/mol. The fourth-order valence-corrected chi connectivity index (χ4v) is 3.98. The van der Waals surface area contributed by atoms with Crippen LogP contribution in [-0.4, -0.2) is 61.2 Å². The van der Waals surface area contributed by atoms with Gasteiger partial charge in [-0.2, -0.15) is 0 Å². The van der Waals surface area contributed by atoms with Gasteiger partial charge < -0.3 is 10.2 Å². The van der Waals surface area contributed by atoms with Gasteiger partial charge >= 0.3 is 0 Å². The van der Waals surface area contributed by atoms with Gasteiger partial charge in [-0.25, -0.2) is 0 Å². The van der Waals surface area contributed by atoms with E-state index in [0.29, 0.717) is 0 Å². The third-order valence-electron chi connectivity index (χ3n) is 5.18. The Kier molecular flexibility index (Phi) is 3.69. The highest BCUT2D eigenvalue weighted by Gasteiger charge is 2.37. The molecule has 0 amide bonds. The van der Waals surface area contributed by atoms with Crippen LogP contribution in [0.25, 0.3) is 0 Å². The monoisotopic (exact) mass is 237 g/mol. The number of rotatable bonds is 2. The molecule has 0 saturated carbocycles. The Labute approximate surface area is 106 Å². The summed E-state index contributed by atoms with van der Waals surface area (Å²) in [5.41, 5.74) is 0. The second kappa shape index (κ2) is 5.25. The first kappa shape index (κ1) is 11.9. The van der Waals surface area contributed by atoms with Gasteiger partial charge in [-0.3, -0.25) is 4.90 Å².